The highest BCUT2D eigenvalue weighted by atomic mass is 16.9. The summed E-state index contributed by atoms with van der Waals surface area (Å²) in [6, 6.07) is 27.4. The van der Waals surface area contributed by atoms with Gasteiger partial charge in [0.2, 0.25) is 0 Å². The van der Waals surface area contributed by atoms with Crippen molar-refractivity contribution < 1.29 is 38.5 Å². The van der Waals surface area contributed by atoms with Crippen LogP contribution in [-0.4, -0.2) is 67.4 Å². The summed E-state index contributed by atoms with van der Waals surface area (Å²) in [6.45, 7) is 1.69. The lowest BCUT2D eigenvalue weighted by molar-refractivity contribution is -0.606. The summed E-state index contributed by atoms with van der Waals surface area (Å²) >= 11 is 0. The molecule has 0 aromatic heterocycles. The van der Waals surface area contributed by atoms with Gasteiger partial charge in [-0.25, -0.2) is 0 Å². The van der Waals surface area contributed by atoms with Crippen molar-refractivity contribution in [3.63, 3.8) is 0 Å². The van der Waals surface area contributed by atoms with Crippen molar-refractivity contribution in [2.45, 2.75) is 31.3 Å². The minimum absolute atomic E-state index is 0.115. The summed E-state index contributed by atoms with van der Waals surface area (Å²) in [5.74, 6) is -5.48. The normalized spacial score (nSPS) is 26.2. The molecule has 10 nitrogen and oxygen atoms in total. The SMILES string of the molecule is CCON1C(O)(OC)CN(OCc2ccccc2)C(OC)(Oc2ccccc2)C1(OC)Oc1ccccc1. The zero-order valence-electron chi connectivity index (χ0n) is 22.0. The van der Waals surface area contributed by atoms with Gasteiger partial charge in [-0.15, -0.1) is 5.06 Å². The van der Waals surface area contributed by atoms with Gasteiger partial charge in [0.1, 0.15) is 18.0 Å². The average molecular weight is 527 g/mol. The minimum Gasteiger partial charge on any atom is -0.441 e. The topological polar surface area (TPSA) is 91.3 Å². The molecule has 4 rings (SSSR count). The van der Waals surface area contributed by atoms with E-state index in [9.17, 15) is 5.11 Å². The Labute approximate surface area is 222 Å². The summed E-state index contributed by atoms with van der Waals surface area (Å²) < 4.78 is 30.8. The van der Waals surface area contributed by atoms with Crippen LogP contribution in [0.4, 0.5) is 0 Å². The fourth-order valence-electron chi connectivity index (χ4n) is 4.23. The van der Waals surface area contributed by atoms with Crippen molar-refractivity contribution in [1.82, 2.24) is 10.1 Å². The molecule has 3 aromatic carbocycles. The maximum Gasteiger partial charge on any atom is 0.387 e. The van der Waals surface area contributed by atoms with Crippen molar-refractivity contribution in [2.75, 3.05) is 34.5 Å². The standard InChI is InChI=1S/C28H34N2O8/c1-5-35-30-26(31,32-2)22-29(36-21-23-15-9-6-10-16-23)27(33-3,37-24-17-11-7-12-18-24)28(30,34-4)38-25-19-13-8-14-20-25/h6-20,31H,5,21-22H2,1-4H3. The van der Waals surface area contributed by atoms with Crippen LogP contribution < -0.4 is 9.47 Å². The summed E-state index contributed by atoms with van der Waals surface area (Å²) in [7, 11) is 4.14. The highest BCUT2D eigenvalue weighted by Gasteiger charge is 2.77. The van der Waals surface area contributed by atoms with E-state index < -0.39 is 17.7 Å². The Morgan fingerprint density at radius 2 is 1.18 bits per heavy atom. The van der Waals surface area contributed by atoms with Crippen LogP contribution in [0.2, 0.25) is 0 Å². The van der Waals surface area contributed by atoms with Crippen molar-refractivity contribution in [1.29, 1.82) is 0 Å². The Balaban J connectivity index is 1.91. The monoisotopic (exact) mass is 526 g/mol. The van der Waals surface area contributed by atoms with Gasteiger partial charge in [-0.2, -0.15) is 0 Å². The van der Waals surface area contributed by atoms with Crippen LogP contribution in [0, 0.1) is 0 Å². The van der Waals surface area contributed by atoms with E-state index in [-0.39, 0.29) is 19.8 Å². The summed E-state index contributed by atoms with van der Waals surface area (Å²) in [4.78, 5) is 12.2. The lowest BCUT2D eigenvalue weighted by Crippen LogP contribution is -2.86. The number of β-amino-alcohol motifs (C(OH)–C–C–N with tert-alkyl or cyclic N) is 1. The number of hydroxylamine groups is 4. The number of rotatable bonds is 12. The first kappa shape index (κ1) is 28.0. The van der Waals surface area contributed by atoms with Gasteiger partial charge in [0.15, 0.2) is 0 Å². The van der Waals surface area contributed by atoms with Crippen LogP contribution in [0.3, 0.4) is 0 Å². The first-order chi connectivity index (χ1) is 18.5. The first-order valence-electron chi connectivity index (χ1n) is 12.2. The second-order valence-corrected chi connectivity index (χ2v) is 8.36. The molecule has 3 unspecified atom stereocenters. The van der Waals surface area contributed by atoms with Gasteiger partial charge in [-0.3, -0.25) is 9.68 Å². The quantitative estimate of drug-likeness (QED) is 0.352. The molecule has 1 heterocycles. The number of ether oxygens (including phenoxy) is 5. The smallest absolute Gasteiger partial charge is 0.387 e. The van der Waals surface area contributed by atoms with Crippen LogP contribution in [-0.2, 0) is 30.5 Å². The molecule has 1 aliphatic rings. The van der Waals surface area contributed by atoms with Crippen molar-refractivity contribution in [2.24, 2.45) is 0 Å². The van der Waals surface area contributed by atoms with Crippen molar-refractivity contribution in [3.8, 4) is 11.5 Å². The van der Waals surface area contributed by atoms with Gasteiger partial charge >= 0.3 is 11.8 Å². The van der Waals surface area contributed by atoms with E-state index in [4.69, 9.17) is 33.4 Å². The van der Waals surface area contributed by atoms with Crippen LogP contribution in [0.5, 0.6) is 11.5 Å². The molecule has 0 aliphatic carbocycles. The molecule has 0 spiro atoms. The minimum atomic E-state index is -2.14. The third kappa shape index (κ3) is 5.26. The maximum atomic E-state index is 11.8. The Kier molecular flexibility index (Phi) is 8.98. The molecule has 1 N–H and O–H groups in total. The van der Waals surface area contributed by atoms with Crippen molar-refractivity contribution in [3.05, 3.63) is 96.6 Å². The summed E-state index contributed by atoms with van der Waals surface area (Å²) in [5, 5.41) is 14.1. The Morgan fingerprint density at radius 1 is 0.684 bits per heavy atom. The number of hydrogen-bond acceptors (Lipinski definition) is 10. The molecule has 0 amide bonds. The molecular formula is C28H34N2O8. The molecule has 0 bridgehead atoms. The molecule has 1 saturated heterocycles. The molecule has 1 fully saturated rings. The van der Waals surface area contributed by atoms with Crippen molar-refractivity contribution >= 4 is 0 Å². The predicted octanol–water partition coefficient (Wildman–Crippen LogP) is 3.74. The molecule has 10 heteroatoms. The second-order valence-electron chi connectivity index (χ2n) is 8.36. The molecule has 3 aromatic rings. The molecule has 3 atom stereocenters. The van der Waals surface area contributed by atoms with Gasteiger partial charge < -0.3 is 28.8 Å². The predicted molar refractivity (Wildman–Crippen MR) is 137 cm³/mol. The number of para-hydroxylation sites is 2. The molecule has 0 radical (unpaired) electrons. The zero-order valence-corrected chi connectivity index (χ0v) is 22.0. The maximum absolute atomic E-state index is 11.8. The van der Waals surface area contributed by atoms with E-state index in [1.165, 1.54) is 26.4 Å². The van der Waals surface area contributed by atoms with E-state index in [0.29, 0.717) is 11.5 Å². The Hall–Kier alpha value is -3.06. The number of nitrogens with zero attached hydrogens (tertiary/aromatic N) is 2. The van der Waals surface area contributed by atoms with E-state index in [0.717, 1.165) is 10.6 Å². The summed E-state index contributed by atoms with van der Waals surface area (Å²) in [6.07, 6.45) is 0. The van der Waals surface area contributed by atoms with Gasteiger partial charge in [0.05, 0.1) is 13.2 Å². The first-order valence-corrected chi connectivity index (χ1v) is 12.2. The van der Waals surface area contributed by atoms with Crippen LogP contribution in [0.15, 0.2) is 91.0 Å². The largest absolute Gasteiger partial charge is 0.441 e. The van der Waals surface area contributed by atoms with Gasteiger partial charge in [-0.05, 0) is 36.8 Å². The molecule has 0 saturated carbocycles. The van der Waals surface area contributed by atoms with E-state index in [1.54, 1.807) is 43.3 Å². The summed E-state index contributed by atoms with van der Waals surface area (Å²) in [5.41, 5.74) is 0.873. The molecule has 38 heavy (non-hydrogen) atoms. The number of benzene rings is 3. The van der Waals surface area contributed by atoms with Crippen LogP contribution >= 0.6 is 0 Å². The Morgan fingerprint density at radius 3 is 1.66 bits per heavy atom. The molecule has 1 aliphatic heterocycles. The molecular weight excluding hydrogens is 492 g/mol. The number of hydrogen-bond donors (Lipinski definition) is 1. The highest BCUT2D eigenvalue weighted by Crippen LogP contribution is 2.47. The van der Waals surface area contributed by atoms with Crippen LogP contribution in [0.25, 0.3) is 0 Å². The fourth-order valence-corrected chi connectivity index (χ4v) is 4.23. The number of methoxy groups -OCH3 is 3. The van der Waals surface area contributed by atoms with E-state index >= 15 is 0 Å². The third-order valence-electron chi connectivity index (χ3n) is 6.03. The van der Waals surface area contributed by atoms with Gasteiger partial charge in [-0.1, -0.05) is 71.8 Å². The van der Waals surface area contributed by atoms with Crippen LogP contribution in [0.1, 0.15) is 12.5 Å². The zero-order chi connectivity index (χ0) is 27.1. The lowest BCUT2D eigenvalue weighted by Gasteiger charge is -2.59. The number of aliphatic hydroxyl groups is 1. The highest BCUT2D eigenvalue weighted by molar-refractivity contribution is 5.25. The number of piperazine rings is 1. The average Bonchev–Trinajstić information content (AvgIpc) is 2.97. The van der Waals surface area contributed by atoms with Gasteiger partial charge in [0, 0.05) is 21.3 Å². The second kappa shape index (κ2) is 12.2. The fraction of sp³-hybridized carbons (Fsp3) is 0.357. The van der Waals surface area contributed by atoms with Gasteiger partial charge in [0.25, 0.3) is 5.91 Å². The third-order valence-corrected chi connectivity index (χ3v) is 6.03. The van der Waals surface area contributed by atoms with E-state index in [2.05, 4.69) is 0 Å². The van der Waals surface area contributed by atoms with E-state index in [1.807, 2.05) is 54.6 Å². The Bertz CT molecular complexity index is 1130. The molecule has 204 valence electrons. The lowest BCUT2D eigenvalue weighted by atomic mass is 10.1.